The number of hydrogen-bond acceptors (Lipinski definition) is 5. The smallest absolute Gasteiger partial charge is 0.433 e. The molecule has 0 unspecified atom stereocenters. The highest BCUT2D eigenvalue weighted by atomic mass is 19.4. The van der Waals surface area contributed by atoms with Crippen molar-refractivity contribution in [3.05, 3.63) is 40.2 Å². The van der Waals surface area contributed by atoms with Gasteiger partial charge in [0.25, 0.3) is 0 Å². The van der Waals surface area contributed by atoms with Crippen molar-refractivity contribution in [2.45, 2.75) is 31.4 Å². The van der Waals surface area contributed by atoms with E-state index in [-0.39, 0.29) is 40.6 Å². The molecule has 1 aliphatic heterocycles. The second-order valence-electron chi connectivity index (χ2n) is 5.61. The Morgan fingerprint density at radius 1 is 1.46 bits per heavy atom. The van der Waals surface area contributed by atoms with Crippen molar-refractivity contribution in [2.75, 3.05) is 0 Å². The molecule has 0 saturated carbocycles. The number of nitrogens with two attached hydrogens (primary N) is 1. The van der Waals surface area contributed by atoms with E-state index in [1.165, 1.54) is 0 Å². The summed E-state index contributed by atoms with van der Waals surface area (Å²) in [5.41, 5.74) is 4.30. The first-order valence-electron chi connectivity index (χ1n) is 7.18. The Kier molecular flexibility index (Phi) is 3.63. The summed E-state index contributed by atoms with van der Waals surface area (Å²) in [6, 6.07) is 1.78. The minimum atomic E-state index is -4.69. The van der Waals surface area contributed by atoms with Crippen LogP contribution in [0.3, 0.4) is 0 Å². The van der Waals surface area contributed by atoms with Crippen LogP contribution < -0.4 is 5.73 Å². The van der Waals surface area contributed by atoms with Crippen LogP contribution in [-0.4, -0.2) is 15.6 Å². The van der Waals surface area contributed by atoms with Crippen LogP contribution in [-0.2, 0) is 22.8 Å². The van der Waals surface area contributed by atoms with Crippen molar-refractivity contribution in [3.63, 3.8) is 0 Å². The minimum absolute atomic E-state index is 0.0745. The van der Waals surface area contributed by atoms with E-state index in [2.05, 4.69) is 5.10 Å². The number of aryl methyl sites for hydroxylation is 1. The van der Waals surface area contributed by atoms with Crippen LogP contribution >= 0.6 is 0 Å². The average Bonchev–Trinajstić information content (AvgIpc) is 2.87. The molecule has 0 spiro atoms. The molecule has 1 aromatic heterocycles. The quantitative estimate of drug-likeness (QED) is 0.847. The van der Waals surface area contributed by atoms with E-state index in [0.29, 0.717) is 17.5 Å². The Morgan fingerprint density at radius 2 is 2.17 bits per heavy atom. The van der Waals surface area contributed by atoms with E-state index < -0.39 is 17.8 Å². The Balaban J connectivity index is 2.27. The molecule has 1 aliphatic carbocycles. The number of halogens is 3. The third-order valence-corrected chi connectivity index (χ3v) is 4.15. The van der Waals surface area contributed by atoms with Crippen LogP contribution in [0.25, 0.3) is 0 Å². The number of carbonyl (C=O) groups is 1. The highest BCUT2D eigenvalue weighted by molar-refractivity contribution is 5.99. The van der Waals surface area contributed by atoms with Crippen LogP contribution in [0, 0.1) is 11.3 Å². The summed E-state index contributed by atoms with van der Waals surface area (Å²) in [6.07, 6.45) is -2.56. The van der Waals surface area contributed by atoms with Gasteiger partial charge < -0.3 is 10.5 Å². The predicted octanol–water partition coefficient (Wildman–Crippen LogP) is 2.25. The Bertz CT molecular complexity index is 827. The van der Waals surface area contributed by atoms with Gasteiger partial charge in [-0.3, -0.25) is 9.48 Å². The average molecular weight is 338 g/mol. The largest absolute Gasteiger partial charge is 0.444 e. The van der Waals surface area contributed by atoms with Gasteiger partial charge in [0, 0.05) is 31.0 Å². The first kappa shape index (κ1) is 16.1. The van der Waals surface area contributed by atoms with Gasteiger partial charge in [0.1, 0.15) is 23.1 Å². The third-order valence-electron chi connectivity index (χ3n) is 4.15. The molecule has 0 radical (unpaired) electrons. The van der Waals surface area contributed by atoms with E-state index >= 15 is 0 Å². The van der Waals surface area contributed by atoms with Gasteiger partial charge in [0.15, 0.2) is 5.78 Å². The maximum atomic E-state index is 13.4. The van der Waals surface area contributed by atoms with Crippen molar-refractivity contribution < 1.29 is 22.7 Å². The fourth-order valence-corrected chi connectivity index (χ4v) is 3.18. The lowest BCUT2D eigenvalue weighted by molar-refractivity contribution is -0.144. The van der Waals surface area contributed by atoms with Gasteiger partial charge in [-0.05, 0) is 6.42 Å². The summed E-state index contributed by atoms with van der Waals surface area (Å²) in [5.74, 6) is -1.58. The summed E-state index contributed by atoms with van der Waals surface area (Å²) < 4.78 is 46.3. The highest BCUT2D eigenvalue weighted by Crippen LogP contribution is 2.46. The number of hydrogen-bond donors (Lipinski definition) is 1. The number of Topliss-reactive ketones (excluding diaryl/α,β-unsaturated/α-hetero) is 1. The molecule has 126 valence electrons. The van der Waals surface area contributed by atoms with Gasteiger partial charge in [-0.25, -0.2) is 0 Å². The number of carbonyl (C=O) groups excluding carboxylic acids is 1. The standard InChI is InChI=1S/C15H13F3N4O2/c1-22-13(15(16,17)18)8(6-21-22)11-7(5-19)14(20)24-10-4-2-3-9(23)12(10)11/h6,11H,2-4,20H2,1H3/t11-/m0/s1. The summed E-state index contributed by atoms with van der Waals surface area (Å²) in [7, 11) is 1.16. The van der Waals surface area contributed by atoms with E-state index in [1.807, 2.05) is 0 Å². The first-order valence-corrected chi connectivity index (χ1v) is 7.18. The third kappa shape index (κ3) is 2.35. The lowest BCUT2D eigenvalue weighted by atomic mass is 9.77. The summed E-state index contributed by atoms with van der Waals surface area (Å²) in [4.78, 5) is 12.3. The van der Waals surface area contributed by atoms with Crippen molar-refractivity contribution >= 4 is 5.78 Å². The maximum absolute atomic E-state index is 13.4. The molecule has 9 heteroatoms. The van der Waals surface area contributed by atoms with Crippen molar-refractivity contribution in [1.29, 1.82) is 5.26 Å². The normalized spacial score (nSPS) is 21.5. The van der Waals surface area contributed by atoms with Gasteiger partial charge in [-0.1, -0.05) is 0 Å². The molecule has 1 atom stereocenters. The molecule has 0 aromatic carbocycles. The zero-order valence-corrected chi connectivity index (χ0v) is 12.6. The van der Waals surface area contributed by atoms with Crippen LogP contribution in [0.4, 0.5) is 13.2 Å². The number of alkyl halides is 3. The Hall–Kier alpha value is -2.76. The Labute approximate surface area is 135 Å². The molecule has 0 saturated heterocycles. The summed E-state index contributed by atoms with van der Waals surface area (Å²) in [6.45, 7) is 0. The van der Waals surface area contributed by atoms with Gasteiger partial charge >= 0.3 is 6.18 Å². The molecular formula is C15H13F3N4O2. The van der Waals surface area contributed by atoms with Gasteiger partial charge in [-0.15, -0.1) is 0 Å². The second kappa shape index (κ2) is 5.40. The van der Waals surface area contributed by atoms with Crippen LogP contribution in [0.1, 0.15) is 36.4 Å². The van der Waals surface area contributed by atoms with E-state index in [1.54, 1.807) is 6.07 Å². The van der Waals surface area contributed by atoms with Crippen LogP contribution in [0.5, 0.6) is 0 Å². The fourth-order valence-electron chi connectivity index (χ4n) is 3.18. The molecule has 3 rings (SSSR count). The zero-order valence-electron chi connectivity index (χ0n) is 12.6. The molecule has 6 nitrogen and oxygen atoms in total. The fraction of sp³-hybridized carbons (Fsp3) is 0.400. The van der Waals surface area contributed by atoms with Crippen molar-refractivity contribution in [2.24, 2.45) is 12.8 Å². The molecule has 1 aromatic rings. The minimum Gasteiger partial charge on any atom is -0.444 e. The Morgan fingerprint density at radius 3 is 2.79 bits per heavy atom. The molecule has 0 bridgehead atoms. The molecule has 0 amide bonds. The molecule has 0 fully saturated rings. The monoisotopic (exact) mass is 338 g/mol. The SMILES string of the molecule is Cn1ncc([C@@H]2C(C#N)=C(N)OC3=C2C(=O)CCC3)c1C(F)(F)F. The number of nitriles is 1. The second-order valence-corrected chi connectivity index (χ2v) is 5.61. The summed E-state index contributed by atoms with van der Waals surface area (Å²) >= 11 is 0. The molecule has 2 heterocycles. The number of ketones is 1. The van der Waals surface area contributed by atoms with Crippen LogP contribution in [0.15, 0.2) is 29.0 Å². The van der Waals surface area contributed by atoms with Crippen molar-refractivity contribution in [1.82, 2.24) is 9.78 Å². The maximum Gasteiger partial charge on any atom is 0.433 e. The number of allylic oxidation sites excluding steroid dienone is 3. The highest BCUT2D eigenvalue weighted by Gasteiger charge is 2.45. The topological polar surface area (TPSA) is 93.9 Å². The predicted molar refractivity (Wildman–Crippen MR) is 74.7 cm³/mol. The number of aromatic nitrogens is 2. The lowest BCUT2D eigenvalue weighted by Gasteiger charge is -2.31. The van der Waals surface area contributed by atoms with Crippen LogP contribution in [0.2, 0.25) is 0 Å². The van der Waals surface area contributed by atoms with Gasteiger partial charge in [-0.2, -0.15) is 23.5 Å². The molecular weight excluding hydrogens is 325 g/mol. The van der Waals surface area contributed by atoms with E-state index in [0.717, 1.165) is 13.2 Å². The molecule has 2 aliphatic rings. The zero-order chi connectivity index (χ0) is 17.6. The van der Waals surface area contributed by atoms with Crippen molar-refractivity contribution in [3.8, 4) is 6.07 Å². The number of ether oxygens (including phenoxy) is 1. The van der Waals surface area contributed by atoms with Gasteiger partial charge in [0.2, 0.25) is 5.88 Å². The van der Waals surface area contributed by atoms with E-state index in [4.69, 9.17) is 10.5 Å². The lowest BCUT2D eigenvalue weighted by Crippen LogP contribution is -2.28. The number of nitrogens with zero attached hydrogens (tertiary/aromatic N) is 3. The number of rotatable bonds is 1. The van der Waals surface area contributed by atoms with Gasteiger partial charge in [0.05, 0.1) is 12.1 Å². The molecule has 2 N–H and O–H groups in total. The first-order chi connectivity index (χ1) is 11.3. The summed E-state index contributed by atoms with van der Waals surface area (Å²) in [5, 5.41) is 13.0. The molecule has 24 heavy (non-hydrogen) atoms. The van der Waals surface area contributed by atoms with E-state index in [9.17, 15) is 23.2 Å².